The van der Waals surface area contributed by atoms with Gasteiger partial charge >= 0.3 is 0 Å². The number of ketones is 1. The molecule has 1 atom stereocenters. The molecule has 0 fully saturated rings. The van der Waals surface area contributed by atoms with Gasteiger partial charge in [-0.15, -0.1) is 0 Å². The third-order valence-electron chi connectivity index (χ3n) is 2.22. The van der Waals surface area contributed by atoms with Crippen molar-refractivity contribution in [3.63, 3.8) is 0 Å². The smallest absolute Gasteiger partial charge is 0.158 e. The summed E-state index contributed by atoms with van der Waals surface area (Å²) in [5.41, 5.74) is 6.27. The van der Waals surface area contributed by atoms with E-state index in [-0.39, 0.29) is 11.7 Å². The molecule has 3 nitrogen and oxygen atoms in total. The molecule has 13 heavy (non-hydrogen) atoms. The summed E-state index contributed by atoms with van der Waals surface area (Å²) in [6.07, 6.45) is 4.36. The topological polar surface area (TPSA) is 56.2 Å². The van der Waals surface area contributed by atoms with E-state index in [1.807, 2.05) is 12.1 Å². The van der Waals surface area contributed by atoms with E-state index in [4.69, 9.17) is 10.2 Å². The van der Waals surface area contributed by atoms with Crippen molar-refractivity contribution in [3.05, 3.63) is 35.9 Å². The van der Waals surface area contributed by atoms with Crippen molar-refractivity contribution in [2.24, 2.45) is 5.73 Å². The van der Waals surface area contributed by atoms with Crippen molar-refractivity contribution in [2.45, 2.75) is 18.8 Å². The zero-order valence-electron chi connectivity index (χ0n) is 7.19. The molecule has 1 heterocycles. The van der Waals surface area contributed by atoms with Crippen LogP contribution in [-0.4, -0.2) is 5.78 Å². The molecular formula is C10H11NO2. The molecule has 0 aromatic carbocycles. The van der Waals surface area contributed by atoms with Crippen LogP contribution in [0.1, 0.15) is 24.5 Å². The van der Waals surface area contributed by atoms with Gasteiger partial charge < -0.3 is 10.2 Å². The number of carbonyl (C=O) groups is 1. The van der Waals surface area contributed by atoms with E-state index in [1.54, 1.807) is 6.26 Å². The zero-order valence-corrected chi connectivity index (χ0v) is 7.19. The van der Waals surface area contributed by atoms with Gasteiger partial charge in [0.15, 0.2) is 5.78 Å². The first-order chi connectivity index (χ1) is 6.25. The Morgan fingerprint density at radius 1 is 1.46 bits per heavy atom. The highest BCUT2D eigenvalue weighted by Gasteiger charge is 2.22. The number of hydrogen-bond acceptors (Lipinski definition) is 3. The number of carbonyl (C=O) groups excluding carboxylic acids is 1. The Bertz CT molecular complexity index is 338. The molecular weight excluding hydrogens is 166 g/mol. The standard InChI is InChI=1S/C10H11NO2/c11-8-4-7(5-9(12)6-8)10-2-1-3-13-10/h1-3,6-7H,4-5,11H2. The molecule has 0 aliphatic heterocycles. The maximum Gasteiger partial charge on any atom is 0.158 e. The monoisotopic (exact) mass is 177 g/mol. The van der Waals surface area contributed by atoms with Crippen LogP contribution in [0.2, 0.25) is 0 Å². The summed E-state index contributed by atoms with van der Waals surface area (Å²) in [4.78, 5) is 11.2. The van der Waals surface area contributed by atoms with E-state index in [9.17, 15) is 4.79 Å². The van der Waals surface area contributed by atoms with Crippen molar-refractivity contribution in [1.82, 2.24) is 0 Å². The van der Waals surface area contributed by atoms with Crippen LogP contribution in [0.25, 0.3) is 0 Å². The molecule has 3 heteroatoms. The number of furan rings is 1. The van der Waals surface area contributed by atoms with Gasteiger partial charge in [-0.1, -0.05) is 0 Å². The first kappa shape index (κ1) is 8.10. The molecule has 2 rings (SSSR count). The summed E-state index contributed by atoms with van der Waals surface area (Å²) >= 11 is 0. The van der Waals surface area contributed by atoms with Crippen LogP contribution in [0.3, 0.4) is 0 Å². The lowest BCUT2D eigenvalue weighted by molar-refractivity contribution is -0.115. The first-order valence-corrected chi connectivity index (χ1v) is 4.28. The Balaban J connectivity index is 2.20. The molecule has 0 radical (unpaired) electrons. The van der Waals surface area contributed by atoms with Gasteiger partial charge in [0.05, 0.1) is 6.26 Å². The summed E-state index contributed by atoms with van der Waals surface area (Å²) < 4.78 is 5.23. The average molecular weight is 177 g/mol. The maximum atomic E-state index is 11.2. The van der Waals surface area contributed by atoms with Crippen molar-refractivity contribution >= 4 is 5.78 Å². The minimum Gasteiger partial charge on any atom is -0.469 e. The highest BCUT2D eigenvalue weighted by molar-refractivity contribution is 5.91. The molecule has 0 saturated heterocycles. The van der Waals surface area contributed by atoms with E-state index >= 15 is 0 Å². The second kappa shape index (κ2) is 3.09. The number of allylic oxidation sites excluding steroid dienone is 2. The lowest BCUT2D eigenvalue weighted by Crippen LogP contribution is -2.16. The average Bonchev–Trinajstić information content (AvgIpc) is 2.53. The predicted octanol–water partition coefficient (Wildman–Crippen LogP) is 1.57. The van der Waals surface area contributed by atoms with Crippen molar-refractivity contribution in [1.29, 1.82) is 0 Å². The van der Waals surface area contributed by atoms with Crippen LogP contribution >= 0.6 is 0 Å². The Labute approximate surface area is 76.2 Å². The molecule has 1 aromatic heterocycles. The van der Waals surface area contributed by atoms with Gasteiger partial charge in [-0.3, -0.25) is 4.79 Å². The zero-order chi connectivity index (χ0) is 9.26. The summed E-state index contributed by atoms with van der Waals surface area (Å²) in [5, 5.41) is 0. The van der Waals surface area contributed by atoms with E-state index in [1.165, 1.54) is 6.08 Å². The highest BCUT2D eigenvalue weighted by Crippen LogP contribution is 2.29. The quantitative estimate of drug-likeness (QED) is 0.708. The van der Waals surface area contributed by atoms with Gasteiger partial charge in [-0.2, -0.15) is 0 Å². The molecule has 0 spiro atoms. The second-order valence-electron chi connectivity index (χ2n) is 3.31. The van der Waals surface area contributed by atoms with Gasteiger partial charge in [0.25, 0.3) is 0 Å². The third kappa shape index (κ3) is 1.64. The van der Waals surface area contributed by atoms with E-state index in [0.29, 0.717) is 12.1 Å². The van der Waals surface area contributed by atoms with E-state index in [0.717, 1.165) is 12.2 Å². The fraction of sp³-hybridized carbons (Fsp3) is 0.300. The van der Waals surface area contributed by atoms with E-state index < -0.39 is 0 Å². The predicted molar refractivity (Wildman–Crippen MR) is 48.0 cm³/mol. The normalized spacial score (nSPS) is 22.9. The SMILES string of the molecule is NC1=CC(=O)CC(c2ccco2)C1. The van der Waals surface area contributed by atoms with Crippen LogP contribution in [0, 0.1) is 0 Å². The minimum atomic E-state index is 0.0881. The summed E-state index contributed by atoms with van der Waals surface area (Å²) in [6.45, 7) is 0. The molecule has 1 unspecified atom stereocenters. The Morgan fingerprint density at radius 3 is 2.92 bits per heavy atom. The van der Waals surface area contributed by atoms with Gasteiger partial charge in [0, 0.05) is 18.0 Å². The van der Waals surface area contributed by atoms with Crippen LogP contribution in [-0.2, 0) is 4.79 Å². The molecule has 0 saturated carbocycles. The van der Waals surface area contributed by atoms with Crippen LogP contribution in [0.15, 0.2) is 34.6 Å². The number of nitrogens with two attached hydrogens (primary N) is 1. The molecule has 2 N–H and O–H groups in total. The van der Waals surface area contributed by atoms with Gasteiger partial charge in [-0.25, -0.2) is 0 Å². The van der Waals surface area contributed by atoms with Gasteiger partial charge in [-0.05, 0) is 24.6 Å². The molecule has 0 bridgehead atoms. The Kier molecular flexibility index (Phi) is 1.93. The van der Waals surface area contributed by atoms with Crippen LogP contribution in [0.4, 0.5) is 0 Å². The molecule has 1 aromatic rings. The van der Waals surface area contributed by atoms with Crippen LogP contribution in [0.5, 0.6) is 0 Å². The largest absolute Gasteiger partial charge is 0.469 e. The Hall–Kier alpha value is -1.51. The van der Waals surface area contributed by atoms with Gasteiger partial charge in [0.1, 0.15) is 5.76 Å². The molecule has 0 amide bonds. The lowest BCUT2D eigenvalue weighted by Gasteiger charge is -2.17. The summed E-state index contributed by atoms with van der Waals surface area (Å²) in [7, 11) is 0. The fourth-order valence-electron chi connectivity index (χ4n) is 1.65. The van der Waals surface area contributed by atoms with Crippen molar-refractivity contribution in [3.8, 4) is 0 Å². The van der Waals surface area contributed by atoms with Crippen molar-refractivity contribution in [2.75, 3.05) is 0 Å². The maximum absolute atomic E-state index is 11.2. The number of rotatable bonds is 1. The highest BCUT2D eigenvalue weighted by atomic mass is 16.3. The third-order valence-corrected chi connectivity index (χ3v) is 2.22. The van der Waals surface area contributed by atoms with Gasteiger partial charge in [0.2, 0.25) is 0 Å². The molecule has 1 aliphatic carbocycles. The molecule has 68 valence electrons. The fourth-order valence-corrected chi connectivity index (χ4v) is 1.65. The lowest BCUT2D eigenvalue weighted by atomic mass is 9.89. The molecule has 1 aliphatic rings. The van der Waals surface area contributed by atoms with Crippen molar-refractivity contribution < 1.29 is 9.21 Å². The first-order valence-electron chi connectivity index (χ1n) is 4.28. The minimum absolute atomic E-state index is 0.0881. The second-order valence-corrected chi connectivity index (χ2v) is 3.31. The van der Waals surface area contributed by atoms with Crippen LogP contribution < -0.4 is 5.73 Å². The summed E-state index contributed by atoms with van der Waals surface area (Å²) in [6, 6.07) is 3.71. The van der Waals surface area contributed by atoms with E-state index in [2.05, 4.69) is 0 Å². The number of hydrogen-bond donors (Lipinski definition) is 1. The summed E-state index contributed by atoms with van der Waals surface area (Å²) in [5.74, 6) is 1.07. The Morgan fingerprint density at radius 2 is 2.31 bits per heavy atom.